The predicted octanol–water partition coefficient (Wildman–Crippen LogP) is 2.28. The van der Waals surface area contributed by atoms with E-state index in [1.165, 1.54) is 32.2 Å². The summed E-state index contributed by atoms with van der Waals surface area (Å²) in [4.78, 5) is 0. The SMILES string of the molecule is CCCC(C)(N)CNCC1(CC)CC1. The number of nitrogens with two attached hydrogens (primary N) is 1. The third-order valence-corrected chi connectivity index (χ3v) is 3.56. The molecule has 0 aromatic carbocycles. The van der Waals surface area contributed by atoms with Gasteiger partial charge >= 0.3 is 0 Å². The highest BCUT2D eigenvalue weighted by atomic mass is 14.9. The molecule has 0 radical (unpaired) electrons. The molecule has 0 bridgehead atoms. The summed E-state index contributed by atoms with van der Waals surface area (Å²) in [6, 6.07) is 0. The van der Waals surface area contributed by atoms with Gasteiger partial charge in [0.15, 0.2) is 0 Å². The zero-order valence-electron chi connectivity index (χ0n) is 10.0. The molecule has 0 saturated heterocycles. The highest BCUT2D eigenvalue weighted by Gasteiger charge is 2.40. The lowest BCUT2D eigenvalue weighted by Gasteiger charge is -2.26. The first-order valence-corrected chi connectivity index (χ1v) is 6.03. The maximum absolute atomic E-state index is 6.16. The summed E-state index contributed by atoms with van der Waals surface area (Å²) in [5.74, 6) is 0. The molecule has 1 saturated carbocycles. The van der Waals surface area contributed by atoms with Crippen LogP contribution in [-0.4, -0.2) is 18.6 Å². The third kappa shape index (κ3) is 3.58. The predicted molar refractivity (Wildman–Crippen MR) is 62.3 cm³/mol. The molecule has 2 heteroatoms. The van der Waals surface area contributed by atoms with Crippen molar-refractivity contribution in [1.29, 1.82) is 0 Å². The summed E-state index contributed by atoms with van der Waals surface area (Å²) >= 11 is 0. The molecular weight excluding hydrogens is 172 g/mol. The van der Waals surface area contributed by atoms with Crippen LogP contribution in [0.4, 0.5) is 0 Å². The molecule has 1 unspecified atom stereocenters. The second kappa shape index (κ2) is 4.63. The van der Waals surface area contributed by atoms with Crippen LogP contribution >= 0.6 is 0 Å². The van der Waals surface area contributed by atoms with Gasteiger partial charge in [0.2, 0.25) is 0 Å². The molecule has 0 aromatic heterocycles. The van der Waals surface area contributed by atoms with Crippen molar-refractivity contribution >= 4 is 0 Å². The van der Waals surface area contributed by atoms with E-state index in [1.807, 2.05) is 0 Å². The van der Waals surface area contributed by atoms with Gasteiger partial charge in [-0.2, -0.15) is 0 Å². The van der Waals surface area contributed by atoms with Crippen LogP contribution in [0.2, 0.25) is 0 Å². The Labute approximate surface area is 88.6 Å². The van der Waals surface area contributed by atoms with Crippen LogP contribution in [0.1, 0.15) is 52.9 Å². The van der Waals surface area contributed by atoms with E-state index < -0.39 is 0 Å². The van der Waals surface area contributed by atoms with Gasteiger partial charge in [0, 0.05) is 18.6 Å². The van der Waals surface area contributed by atoms with Crippen molar-refractivity contribution in [1.82, 2.24) is 5.32 Å². The largest absolute Gasteiger partial charge is 0.324 e. The number of hydrogen-bond donors (Lipinski definition) is 2. The Kier molecular flexibility index (Phi) is 3.96. The van der Waals surface area contributed by atoms with Gasteiger partial charge in [-0.05, 0) is 38.0 Å². The van der Waals surface area contributed by atoms with Gasteiger partial charge in [0.05, 0.1) is 0 Å². The molecule has 14 heavy (non-hydrogen) atoms. The van der Waals surface area contributed by atoms with Crippen LogP contribution in [0.15, 0.2) is 0 Å². The van der Waals surface area contributed by atoms with Crippen LogP contribution in [0.25, 0.3) is 0 Å². The maximum atomic E-state index is 6.16. The molecule has 1 aliphatic carbocycles. The van der Waals surface area contributed by atoms with Crippen molar-refractivity contribution < 1.29 is 0 Å². The van der Waals surface area contributed by atoms with E-state index in [9.17, 15) is 0 Å². The molecule has 2 nitrogen and oxygen atoms in total. The Hall–Kier alpha value is -0.0800. The second-order valence-electron chi connectivity index (χ2n) is 5.36. The van der Waals surface area contributed by atoms with E-state index in [2.05, 4.69) is 26.1 Å². The first-order valence-electron chi connectivity index (χ1n) is 6.03. The fourth-order valence-electron chi connectivity index (χ4n) is 2.10. The zero-order chi connectivity index (χ0) is 10.7. The average Bonchev–Trinajstić information content (AvgIpc) is 2.85. The van der Waals surface area contributed by atoms with Crippen LogP contribution < -0.4 is 11.1 Å². The monoisotopic (exact) mass is 198 g/mol. The molecule has 84 valence electrons. The van der Waals surface area contributed by atoms with Crippen LogP contribution in [0.5, 0.6) is 0 Å². The number of nitrogens with one attached hydrogen (secondary N) is 1. The lowest BCUT2D eigenvalue weighted by atomic mass is 9.97. The summed E-state index contributed by atoms with van der Waals surface area (Å²) in [6.45, 7) is 8.76. The Bertz CT molecular complexity index is 171. The quantitative estimate of drug-likeness (QED) is 0.658. The standard InChI is InChI=1S/C12H26N2/c1-4-6-11(3,13)9-14-10-12(5-2)7-8-12/h14H,4-10,13H2,1-3H3. The van der Waals surface area contributed by atoms with E-state index in [0.29, 0.717) is 5.41 Å². The Morgan fingerprint density at radius 2 is 2.00 bits per heavy atom. The minimum Gasteiger partial charge on any atom is -0.324 e. The highest BCUT2D eigenvalue weighted by molar-refractivity contribution is 4.94. The average molecular weight is 198 g/mol. The summed E-state index contributed by atoms with van der Waals surface area (Å²) in [5, 5.41) is 3.54. The minimum absolute atomic E-state index is 0.0153. The van der Waals surface area contributed by atoms with Crippen molar-refractivity contribution in [3.63, 3.8) is 0 Å². The van der Waals surface area contributed by atoms with Crippen molar-refractivity contribution in [3.8, 4) is 0 Å². The van der Waals surface area contributed by atoms with E-state index >= 15 is 0 Å². The molecule has 1 rings (SSSR count). The number of hydrogen-bond acceptors (Lipinski definition) is 2. The van der Waals surface area contributed by atoms with Gasteiger partial charge in [-0.25, -0.2) is 0 Å². The van der Waals surface area contributed by atoms with Crippen molar-refractivity contribution in [3.05, 3.63) is 0 Å². The normalized spacial score (nSPS) is 23.1. The van der Waals surface area contributed by atoms with Gasteiger partial charge in [-0.3, -0.25) is 0 Å². The summed E-state index contributed by atoms with van der Waals surface area (Å²) in [7, 11) is 0. The van der Waals surface area contributed by atoms with Crippen LogP contribution in [-0.2, 0) is 0 Å². The lowest BCUT2D eigenvalue weighted by Crippen LogP contribution is -2.47. The van der Waals surface area contributed by atoms with Gasteiger partial charge in [0.1, 0.15) is 0 Å². The molecule has 1 fully saturated rings. The second-order valence-corrected chi connectivity index (χ2v) is 5.36. The van der Waals surface area contributed by atoms with E-state index in [-0.39, 0.29) is 5.54 Å². The van der Waals surface area contributed by atoms with E-state index in [0.717, 1.165) is 13.0 Å². The molecule has 0 aromatic rings. The van der Waals surface area contributed by atoms with Gasteiger partial charge in [-0.15, -0.1) is 0 Å². The Balaban J connectivity index is 2.14. The van der Waals surface area contributed by atoms with Gasteiger partial charge in [0.25, 0.3) is 0 Å². The van der Waals surface area contributed by atoms with Crippen LogP contribution in [0.3, 0.4) is 0 Å². The van der Waals surface area contributed by atoms with Crippen molar-refractivity contribution in [2.75, 3.05) is 13.1 Å². The molecular formula is C12H26N2. The Morgan fingerprint density at radius 1 is 1.36 bits per heavy atom. The molecule has 1 atom stereocenters. The fraction of sp³-hybridized carbons (Fsp3) is 1.00. The molecule has 0 heterocycles. The Morgan fingerprint density at radius 3 is 2.43 bits per heavy atom. The molecule has 3 N–H and O–H groups in total. The summed E-state index contributed by atoms with van der Waals surface area (Å²) in [6.07, 6.45) is 6.42. The van der Waals surface area contributed by atoms with Gasteiger partial charge < -0.3 is 11.1 Å². The topological polar surface area (TPSA) is 38.0 Å². The molecule has 0 amide bonds. The van der Waals surface area contributed by atoms with Crippen molar-refractivity contribution in [2.45, 2.75) is 58.4 Å². The lowest BCUT2D eigenvalue weighted by molar-refractivity contribution is 0.362. The first-order chi connectivity index (χ1) is 6.54. The molecule has 0 spiro atoms. The zero-order valence-corrected chi connectivity index (χ0v) is 10.0. The third-order valence-electron chi connectivity index (χ3n) is 3.56. The van der Waals surface area contributed by atoms with E-state index in [1.54, 1.807) is 0 Å². The minimum atomic E-state index is -0.0153. The number of rotatable bonds is 7. The van der Waals surface area contributed by atoms with Gasteiger partial charge in [-0.1, -0.05) is 20.3 Å². The summed E-state index contributed by atoms with van der Waals surface area (Å²) < 4.78 is 0. The summed E-state index contributed by atoms with van der Waals surface area (Å²) in [5.41, 5.74) is 6.78. The first kappa shape index (κ1) is 12.0. The molecule has 0 aliphatic heterocycles. The molecule has 1 aliphatic rings. The fourth-order valence-corrected chi connectivity index (χ4v) is 2.10. The van der Waals surface area contributed by atoms with E-state index in [4.69, 9.17) is 5.73 Å². The smallest absolute Gasteiger partial charge is 0.0252 e. The van der Waals surface area contributed by atoms with Crippen LogP contribution in [0, 0.1) is 5.41 Å². The highest BCUT2D eigenvalue weighted by Crippen LogP contribution is 2.47. The van der Waals surface area contributed by atoms with Crippen molar-refractivity contribution in [2.24, 2.45) is 11.1 Å². The maximum Gasteiger partial charge on any atom is 0.0252 e.